The van der Waals surface area contributed by atoms with E-state index in [4.69, 9.17) is 11.6 Å². The number of anilines is 1. The van der Waals surface area contributed by atoms with Crippen LogP contribution < -0.4 is 10.2 Å². The first-order valence-corrected chi connectivity index (χ1v) is 7.91. The number of aromatic nitrogens is 2. The first kappa shape index (κ1) is 15.0. The first-order chi connectivity index (χ1) is 10.7. The molecule has 1 fully saturated rings. The van der Waals surface area contributed by atoms with Crippen LogP contribution in [-0.4, -0.2) is 36.0 Å². The number of hydrogen-bond acceptors (Lipinski definition) is 4. The Labute approximate surface area is 134 Å². The summed E-state index contributed by atoms with van der Waals surface area (Å²) in [5, 5.41) is 4.27. The van der Waals surface area contributed by atoms with Crippen LogP contribution in [-0.2, 0) is 4.79 Å². The number of pyridine rings is 2. The molecule has 0 aromatic carbocycles. The highest BCUT2D eigenvalue weighted by Gasteiger charge is 2.22. The van der Waals surface area contributed by atoms with Crippen LogP contribution in [0, 0.1) is 5.92 Å². The van der Waals surface area contributed by atoms with E-state index in [1.807, 2.05) is 18.2 Å². The minimum atomic E-state index is 0.128. The van der Waals surface area contributed by atoms with E-state index in [0.717, 1.165) is 42.8 Å². The van der Waals surface area contributed by atoms with Crippen LogP contribution in [0.3, 0.4) is 0 Å². The van der Waals surface area contributed by atoms with Crippen molar-refractivity contribution in [3.63, 3.8) is 0 Å². The molecule has 0 radical (unpaired) electrons. The summed E-state index contributed by atoms with van der Waals surface area (Å²) in [6.07, 6.45) is 4.27. The first-order valence-electron chi connectivity index (χ1n) is 7.53. The smallest absolute Gasteiger partial charge is 0.220 e. The minimum Gasteiger partial charge on any atom is -0.359 e. The monoisotopic (exact) mass is 318 g/mol. The highest BCUT2D eigenvalue weighted by molar-refractivity contribution is 6.31. The van der Waals surface area contributed by atoms with Gasteiger partial charge in [0.25, 0.3) is 0 Å². The number of nitrogens with one attached hydrogen (secondary N) is 1. The maximum atomic E-state index is 11.4. The summed E-state index contributed by atoms with van der Waals surface area (Å²) in [5.41, 5.74) is 0.717. The third-order valence-electron chi connectivity index (χ3n) is 4.19. The van der Waals surface area contributed by atoms with Crippen molar-refractivity contribution in [2.75, 3.05) is 25.0 Å². The van der Waals surface area contributed by atoms with E-state index in [0.29, 0.717) is 17.4 Å². The molecule has 5 nitrogen and oxygen atoms in total. The van der Waals surface area contributed by atoms with Crippen molar-refractivity contribution in [3.05, 3.63) is 29.4 Å². The molecule has 1 aliphatic rings. The number of hydrogen-bond donors (Lipinski definition) is 1. The molecule has 1 amide bonds. The molecule has 22 heavy (non-hydrogen) atoms. The average molecular weight is 319 g/mol. The second-order valence-electron chi connectivity index (χ2n) is 5.68. The van der Waals surface area contributed by atoms with Crippen molar-refractivity contribution >= 4 is 34.4 Å². The predicted octanol–water partition coefficient (Wildman–Crippen LogP) is 2.64. The molecule has 0 unspecified atom stereocenters. The summed E-state index contributed by atoms with van der Waals surface area (Å²) in [6, 6.07) is 5.89. The van der Waals surface area contributed by atoms with E-state index in [-0.39, 0.29) is 5.91 Å². The molecule has 2 aromatic heterocycles. The van der Waals surface area contributed by atoms with Crippen LogP contribution >= 0.6 is 11.6 Å². The second kappa shape index (κ2) is 6.48. The van der Waals surface area contributed by atoms with Gasteiger partial charge in [0.2, 0.25) is 5.91 Å². The Morgan fingerprint density at radius 3 is 2.91 bits per heavy atom. The maximum Gasteiger partial charge on any atom is 0.220 e. The molecule has 0 saturated carbocycles. The maximum absolute atomic E-state index is 11.4. The van der Waals surface area contributed by atoms with Gasteiger partial charge < -0.3 is 10.2 Å². The SMILES string of the molecule is CNC(=O)CC1CCN(c2ccc3cc(Cl)cnc3n2)CC1. The molecule has 116 valence electrons. The molecule has 3 heterocycles. The summed E-state index contributed by atoms with van der Waals surface area (Å²) in [4.78, 5) is 22.6. The quantitative estimate of drug-likeness (QED) is 0.945. The van der Waals surface area contributed by atoms with Crippen LogP contribution in [0.15, 0.2) is 24.4 Å². The Kier molecular flexibility index (Phi) is 4.43. The van der Waals surface area contributed by atoms with Crippen molar-refractivity contribution in [2.24, 2.45) is 5.92 Å². The number of carbonyl (C=O) groups is 1. The van der Waals surface area contributed by atoms with Gasteiger partial charge in [0.15, 0.2) is 5.65 Å². The van der Waals surface area contributed by atoms with E-state index in [2.05, 4.69) is 20.2 Å². The fraction of sp³-hybridized carbons (Fsp3) is 0.438. The van der Waals surface area contributed by atoms with Gasteiger partial charge in [-0.2, -0.15) is 0 Å². The number of nitrogens with zero attached hydrogens (tertiary/aromatic N) is 3. The minimum absolute atomic E-state index is 0.128. The third kappa shape index (κ3) is 3.30. The molecule has 0 aliphatic carbocycles. The lowest BCUT2D eigenvalue weighted by Crippen LogP contribution is -2.35. The number of rotatable bonds is 3. The summed E-state index contributed by atoms with van der Waals surface area (Å²) < 4.78 is 0. The molecule has 0 atom stereocenters. The van der Waals surface area contributed by atoms with Crippen molar-refractivity contribution < 1.29 is 4.79 Å². The zero-order chi connectivity index (χ0) is 15.5. The van der Waals surface area contributed by atoms with E-state index >= 15 is 0 Å². The summed E-state index contributed by atoms with van der Waals surface area (Å²) in [5.74, 6) is 1.54. The molecule has 6 heteroatoms. The molecular weight excluding hydrogens is 300 g/mol. The Hall–Kier alpha value is -1.88. The van der Waals surface area contributed by atoms with Crippen molar-refractivity contribution in [1.29, 1.82) is 0 Å². The Morgan fingerprint density at radius 1 is 1.41 bits per heavy atom. The number of halogens is 1. The molecule has 1 N–H and O–H groups in total. The zero-order valence-electron chi connectivity index (χ0n) is 12.6. The van der Waals surface area contributed by atoms with E-state index in [9.17, 15) is 4.79 Å². The van der Waals surface area contributed by atoms with Gasteiger partial charge in [0.05, 0.1) is 5.02 Å². The number of piperidine rings is 1. The van der Waals surface area contributed by atoms with Crippen LogP contribution in [0.25, 0.3) is 11.0 Å². The molecule has 1 aliphatic heterocycles. The fourth-order valence-electron chi connectivity index (χ4n) is 2.88. The topological polar surface area (TPSA) is 58.1 Å². The summed E-state index contributed by atoms with van der Waals surface area (Å²) >= 11 is 5.94. The number of fused-ring (bicyclic) bond motifs is 1. The van der Waals surface area contributed by atoms with Crippen molar-refractivity contribution in [3.8, 4) is 0 Å². The van der Waals surface area contributed by atoms with Crippen LogP contribution in [0.1, 0.15) is 19.3 Å². The van der Waals surface area contributed by atoms with Crippen LogP contribution in [0.2, 0.25) is 5.02 Å². The number of carbonyl (C=O) groups excluding carboxylic acids is 1. The highest BCUT2D eigenvalue weighted by Crippen LogP contribution is 2.25. The lowest BCUT2D eigenvalue weighted by Gasteiger charge is -2.32. The van der Waals surface area contributed by atoms with E-state index in [1.165, 1.54) is 0 Å². The molecular formula is C16H19ClN4O. The normalized spacial score (nSPS) is 16.0. The lowest BCUT2D eigenvalue weighted by molar-refractivity contribution is -0.121. The largest absolute Gasteiger partial charge is 0.359 e. The lowest BCUT2D eigenvalue weighted by atomic mass is 9.93. The van der Waals surface area contributed by atoms with Crippen LogP contribution in [0.5, 0.6) is 0 Å². The zero-order valence-corrected chi connectivity index (χ0v) is 13.3. The molecule has 3 rings (SSSR count). The summed E-state index contributed by atoms with van der Waals surface area (Å²) in [6.45, 7) is 1.85. The average Bonchev–Trinajstić information content (AvgIpc) is 2.55. The summed E-state index contributed by atoms with van der Waals surface area (Å²) in [7, 11) is 1.69. The van der Waals surface area contributed by atoms with Gasteiger partial charge >= 0.3 is 0 Å². The third-order valence-corrected chi connectivity index (χ3v) is 4.39. The molecule has 0 bridgehead atoms. The van der Waals surface area contributed by atoms with E-state index in [1.54, 1.807) is 13.2 Å². The van der Waals surface area contributed by atoms with Crippen molar-refractivity contribution in [2.45, 2.75) is 19.3 Å². The van der Waals surface area contributed by atoms with Gasteiger partial charge in [-0.3, -0.25) is 4.79 Å². The van der Waals surface area contributed by atoms with Crippen molar-refractivity contribution in [1.82, 2.24) is 15.3 Å². The fourth-order valence-corrected chi connectivity index (χ4v) is 3.05. The predicted molar refractivity (Wildman–Crippen MR) is 88.2 cm³/mol. The Bertz CT molecular complexity index is 683. The highest BCUT2D eigenvalue weighted by atomic mass is 35.5. The molecule has 2 aromatic rings. The van der Waals surface area contributed by atoms with Gasteiger partial charge in [0, 0.05) is 38.1 Å². The molecule has 0 spiro atoms. The van der Waals surface area contributed by atoms with Gasteiger partial charge in [-0.05, 0) is 37.0 Å². The van der Waals surface area contributed by atoms with E-state index < -0.39 is 0 Å². The van der Waals surface area contributed by atoms with Gasteiger partial charge in [-0.1, -0.05) is 11.6 Å². The Balaban J connectivity index is 1.68. The second-order valence-corrected chi connectivity index (χ2v) is 6.11. The standard InChI is InChI=1S/C16H19ClN4O/c1-18-15(22)8-11-4-6-21(7-5-11)14-3-2-12-9-13(17)10-19-16(12)20-14/h2-3,9-11H,4-8H2,1H3,(H,18,22). The number of amides is 1. The van der Waals surface area contributed by atoms with Gasteiger partial charge in [-0.15, -0.1) is 0 Å². The van der Waals surface area contributed by atoms with Crippen LogP contribution in [0.4, 0.5) is 5.82 Å². The molecule has 1 saturated heterocycles. The van der Waals surface area contributed by atoms with Gasteiger partial charge in [0.1, 0.15) is 5.82 Å². The van der Waals surface area contributed by atoms with Gasteiger partial charge in [-0.25, -0.2) is 9.97 Å². The Morgan fingerprint density at radius 2 is 2.18 bits per heavy atom.